The van der Waals surface area contributed by atoms with Gasteiger partial charge in [-0.15, -0.1) is 0 Å². The van der Waals surface area contributed by atoms with Crippen molar-refractivity contribution >= 4 is 5.91 Å². The first-order valence-electron chi connectivity index (χ1n) is 4.04. The van der Waals surface area contributed by atoms with Crippen molar-refractivity contribution < 1.29 is 9.90 Å². The Bertz CT molecular complexity index is 293. The molecule has 0 saturated carbocycles. The predicted octanol–water partition coefficient (Wildman–Crippen LogP) is -0.469. The predicted molar refractivity (Wildman–Crippen MR) is 47.2 cm³/mol. The molecule has 0 aliphatic heterocycles. The van der Waals surface area contributed by atoms with Crippen LogP contribution in [0.2, 0.25) is 0 Å². The zero-order valence-electron chi connectivity index (χ0n) is 7.69. The Morgan fingerprint density at radius 3 is 3.00 bits per heavy atom. The minimum Gasteiger partial charge on any atom is -0.392 e. The van der Waals surface area contributed by atoms with Crippen molar-refractivity contribution in [2.24, 2.45) is 7.05 Å². The summed E-state index contributed by atoms with van der Waals surface area (Å²) in [6, 6.07) is 0. The SMILES string of the molecule is CC(O)CNC(=O)c1cnn(C)c1. The van der Waals surface area contributed by atoms with Crippen molar-refractivity contribution in [1.82, 2.24) is 15.1 Å². The molecule has 1 aromatic rings. The minimum absolute atomic E-state index is 0.214. The molecule has 0 fully saturated rings. The normalized spacial score (nSPS) is 12.5. The van der Waals surface area contributed by atoms with E-state index >= 15 is 0 Å². The lowest BCUT2D eigenvalue weighted by Gasteiger charge is -2.04. The number of aliphatic hydroxyl groups excluding tert-OH is 1. The zero-order chi connectivity index (χ0) is 9.84. The number of aryl methyl sites for hydroxylation is 1. The Kier molecular flexibility index (Phi) is 3.02. The third-order valence-corrected chi connectivity index (χ3v) is 1.53. The second-order valence-electron chi connectivity index (χ2n) is 2.96. The topological polar surface area (TPSA) is 67.2 Å². The first-order valence-corrected chi connectivity index (χ1v) is 4.04. The maximum absolute atomic E-state index is 11.3. The molecule has 0 aromatic carbocycles. The fourth-order valence-electron chi connectivity index (χ4n) is 0.881. The summed E-state index contributed by atoms with van der Waals surface area (Å²) in [6.07, 6.45) is 2.58. The van der Waals surface area contributed by atoms with E-state index in [4.69, 9.17) is 5.11 Å². The molecule has 1 aromatic heterocycles. The van der Waals surface area contributed by atoms with Crippen LogP contribution in [0.15, 0.2) is 12.4 Å². The fraction of sp³-hybridized carbons (Fsp3) is 0.500. The number of amides is 1. The summed E-state index contributed by atoms with van der Waals surface area (Å²) in [5.74, 6) is -0.214. The summed E-state index contributed by atoms with van der Waals surface area (Å²) < 4.78 is 1.55. The highest BCUT2D eigenvalue weighted by Gasteiger charge is 2.07. The van der Waals surface area contributed by atoms with Gasteiger partial charge in [0.05, 0.1) is 17.9 Å². The van der Waals surface area contributed by atoms with E-state index in [-0.39, 0.29) is 12.5 Å². The largest absolute Gasteiger partial charge is 0.392 e. The average Bonchev–Trinajstić information content (AvgIpc) is 2.47. The number of nitrogens with zero attached hydrogens (tertiary/aromatic N) is 2. The van der Waals surface area contributed by atoms with Crippen LogP contribution in [-0.2, 0) is 7.05 Å². The maximum Gasteiger partial charge on any atom is 0.254 e. The van der Waals surface area contributed by atoms with Gasteiger partial charge in [0.15, 0.2) is 0 Å². The van der Waals surface area contributed by atoms with E-state index in [2.05, 4.69) is 10.4 Å². The van der Waals surface area contributed by atoms with Gasteiger partial charge >= 0.3 is 0 Å². The molecule has 0 radical (unpaired) electrons. The molecule has 1 atom stereocenters. The highest BCUT2D eigenvalue weighted by molar-refractivity contribution is 5.93. The van der Waals surface area contributed by atoms with Crippen molar-refractivity contribution in [2.75, 3.05) is 6.54 Å². The Morgan fingerprint density at radius 1 is 1.85 bits per heavy atom. The molecule has 72 valence electrons. The van der Waals surface area contributed by atoms with Crippen LogP contribution in [0.1, 0.15) is 17.3 Å². The quantitative estimate of drug-likeness (QED) is 0.665. The number of carbonyl (C=O) groups excluding carboxylic acids is 1. The van der Waals surface area contributed by atoms with Gasteiger partial charge in [0, 0.05) is 19.8 Å². The number of rotatable bonds is 3. The third kappa shape index (κ3) is 2.87. The summed E-state index contributed by atoms with van der Waals surface area (Å²) in [5, 5.41) is 15.3. The molecule has 1 amide bonds. The van der Waals surface area contributed by atoms with E-state index in [1.807, 2.05) is 0 Å². The van der Waals surface area contributed by atoms with Crippen LogP contribution in [0.3, 0.4) is 0 Å². The number of carbonyl (C=O) groups is 1. The van der Waals surface area contributed by atoms with Gasteiger partial charge in [0.1, 0.15) is 0 Å². The van der Waals surface area contributed by atoms with Crippen LogP contribution >= 0.6 is 0 Å². The maximum atomic E-state index is 11.3. The Hall–Kier alpha value is -1.36. The van der Waals surface area contributed by atoms with E-state index in [1.54, 1.807) is 24.9 Å². The number of aliphatic hydroxyl groups is 1. The van der Waals surface area contributed by atoms with Crippen molar-refractivity contribution in [2.45, 2.75) is 13.0 Å². The molecule has 0 bridgehead atoms. The average molecular weight is 183 g/mol. The van der Waals surface area contributed by atoms with Gasteiger partial charge < -0.3 is 10.4 Å². The summed E-state index contributed by atoms with van der Waals surface area (Å²) in [5.41, 5.74) is 0.503. The summed E-state index contributed by atoms with van der Waals surface area (Å²) in [6.45, 7) is 1.87. The van der Waals surface area contributed by atoms with Gasteiger partial charge in [-0.1, -0.05) is 0 Å². The van der Waals surface area contributed by atoms with Crippen LogP contribution < -0.4 is 5.32 Å². The smallest absolute Gasteiger partial charge is 0.254 e. The van der Waals surface area contributed by atoms with Crippen molar-refractivity contribution in [3.05, 3.63) is 18.0 Å². The molecule has 0 spiro atoms. The zero-order valence-corrected chi connectivity index (χ0v) is 7.69. The molecule has 0 aliphatic carbocycles. The van der Waals surface area contributed by atoms with Gasteiger partial charge in [-0.3, -0.25) is 9.48 Å². The molecule has 13 heavy (non-hydrogen) atoms. The molecular formula is C8H13N3O2. The van der Waals surface area contributed by atoms with Gasteiger partial charge in [0.2, 0.25) is 0 Å². The standard InChI is InChI=1S/C8H13N3O2/c1-6(12)3-9-8(13)7-4-10-11(2)5-7/h4-6,12H,3H2,1-2H3,(H,9,13). The highest BCUT2D eigenvalue weighted by Crippen LogP contribution is 1.95. The Labute approximate surface area is 76.4 Å². The molecule has 0 saturated heterocycles. The lowest BCUT2D eigenvalue weighted by molar-refractivity contribution is 0.0924. The summed E-state index contributed by atoms with van der Waals surface area (Å²) >= 11 is 0. The lowest BCUT2D eigenvalue weighted by Crippen LogP contribution is -2.30. The van der Waals surface area contributed by atoms with Crippen LogP contribution in [0.25, 0.3) is 0 Å². The minimum atomic E-state index is -0.527. The van der Waals surface area contributed by atoms with E-state index in [1.165, 1.54) is 6.20 Å². The van der Waals surface area contributed by atoms with E-state index < -0.39 is 6.10 Å². The second kappa shape index (κ2) is 4.04. The van der Waals surface area contributed by atoms with Gasteiger partial charge in [0.25, 0.3) is 5.91 Å². The van der Waals surface area contributed by atoms with Crippen molar-refractivity contribution in [3.8, 4) is 0 Å². The monoisotopic (exact) mass is 183 g/mol. The number of hydrogen-bond acceptors (Lipinski definition) is 3. The van der Waals surface area contributed by atoms with Crippen LogP contribution in [-0.4, -0.2) is 33.4 Å². The number of nitrogens with one attached hydrogen (secondary N) is 1. The molecule has 0 aliphatic rings. The Morgan fingerprint density at radius 2 is 2.54 bits per heavy atom. The first kappa shape index (κ1) is 9.73. The number of hydrogen-bond donors (Lipinski definition) is 2. The second-order valence-corrected chi connectivity index (χ2v) is 2.96. The van der Waals surface area contributed by atoms with E-state index in [0.717, 1.165) is 0 Å². The van der Waals surface area contributed by atoms with E-state index in [0.29, 0.717) is 5.56 Å². The van der Waals surface area contributed by atoms with Crippen molar-refractivity contribution in [3.63, 3.8) is 0 Å². The molecule has 1 unspecified atom stereocenters. The van der Waals surface area contributed by atoms with E-state index in [9.17, 15) is 4.79 Å². The molecule has 1 rings (SSSR count). The Balaban J connectivity index is 2.49. The summed E-state index contributed by atoms with van der Waals surface area (Å²) in [4.78, 5) is 11.3. The molecular weight excluding hydrogens is 170 g/mol. The molecule has 5 nitrogen and oxygen atoms in total. The van der Waals surface area contributed by atoms with Crippen molar-refractivity contribution in [1.29, 1.82) is 0 Å². The highest BCUT2D eigenvalue weighted by atomic mass is 16.3. The van der Waals surface area contributed by atoms with Gasteiger partial charge in [-0.25, -0.2) is 0 Å². The number of aromatic nitrogens is 2. The van der Waals surface area contributed by atoms with Crippen LogP contribution in [0.5, 0.6) is 0 Å². The summed E-state index contributed by atoms with van der Waals surface area (Å²) in [7, 11) is 1.74. The van der Waals surface area contributed by atoms with Gasteiger partial charge in [-0.2, -0.15) is 5.10 Å². The fourth-order valence-corrected chi connectivity index (χ4v) is 0.881. The molecule has 2 N–H and O–H groups in total. The molecule has 5 heteroatoms. The van der Waals surface area contributed by atoms with Crippen LogP contribution in [0.4, 0.5) is 0 Å². The lowest BCUT2D eigenvalue weighted by atomic mass is 10.3. The van der Waals surface area contributed by atoms with Gasteiger partial charge in [-0.05, 0) is 6.92 Å². The van der Waals surface area contributed by atoms with Crippen LogP contribution in [0, 0.1) is 0 Å². The molecule has 1 heterocycles. The first-order chi connectivity index (χ1) is 6.09. The third-order valence-electron chi connectivity index (χ3n) is 1.53.